The van der Waals surface area contributed by atoms with Crippen LogP contribution in [0.5, 0.6) is 5.75 Å². The van der Waals surface area contributed by atoms with Gasteiger partial charge in [-0.25, -0.2) is 9.07 Å². The monoisotopic (exact) mass is 512 g/mol. The number of ketones is 1. The number of ether oxygens (including phenoxy) is 1. The number of fused-ring (bicyclic) bond motifs is 1. The molecule has 182 valence electrons. The first kappa shape index (κ1) is 23.9. The Bertz CT molecular complexity index is 1300. The number of carbonyl (C=O) groups excluding carboxylic acids is 1. The van der Waals surface area contributed by atoms with E-state index in [4.69, 9.17) is 21.4 Å². The Kier molecular flexibility index (Phi) is 6.36. The van der Waals surface area contributed by atoms with Gasteiger partial charge in [-0.3, -0.25) is 4.79 Å². The molecular formula is C26H26ClFN4O2S. The summed E-state index contributed by atoms with van der Waals surface area (Å²) in [6.07, 6.45) is 1.24. The van der Waals surface area contributed by atoms with Gasteiger partial charge < -0.3 is 10.1 Å². The van der Waals surface area contributed by atoms with Crippen LogP contribution in [0.25, 0.3) is 0 Å². The largest absolute Gasteiger partial charge is 0.489 e. The van der Waals surface area contributed by atoms with Crippen molar-refractivity contribution in [2.45, 2.75) is 51.4 Å². The predicted octanol–water partition coefficient (Wildman–Crippen LogP) is 6.42. The number of hydrogen-bond donors (Lipinski definition) is 1. The first-order valence-electron chi connectivity index (χ1n) is 11.5. The van der Waals surface area contributed by atoms with E-state index >= 15 is 0 Å². The molecule has 35 heavy (non-hydrogen) atoms. The number of anilines is 1. The molecule has 0 amide bonds. The molecule has 0 fully saturated rings. The molecule has 1 N–H and O–H groups in total. The zero-order valence-electron chi connectivity index (χ0n) is 19.8. The predicted molar refractivity (Wildman–Crippen MR) is 135 cm³/mol. The van der Waals surface area contributed by atoms with Gasteiger partial charge in [0.2, 0.25) is 11.1 Å². The van der Waals surface area contributed by atoms with Crippen LogP contribution in [0.3, 0.4) is 0 Å². The highest BCUT2D eigenvalue weighted by atomic mass is 35.5. The Morgan fingerprint density at radius 1 is 1.23 bits per heavy atom. The Morgan fingerprint density at radius 2 is 2.00 bits per heavy atom. The van der Waals surface area contributed by atoms with E-state index in [0.29, 0.717) is 33.9 Å². The van der Waals surface area contributed by atoms with Crippen molar-refractivity contribution in [3.63, 3.8) is 0 Å². The molecule has 1 aromatic heterocycles. The molecule has 6 nitrogen and oxygen atoms in total. The summed E-state index contributed by atoms with van der Waals surface area (Å²) in [7, 11) is 0. The van der Waals surface area contributed by atoms with Gasteiger partial charge in [-0.2, -0.15) is 4.98 Å². The van der Waals surface area contributed by atoms with E-state index in [1.807, 2.05) is 28.9 Å². The number of aromatic nitrogens is 3. The fraction of sp³-hybridized carbons (Fsp3) is 0.346. The standard InChI is InChI=1S/C26H26ClFN4O2S/c1-4-35-25-30-24-29-20-12-26(2,3)13-21(33)22(20)23(32(24)31-25)15-8-10-16(11-9-15)34-14-17-18(27)6-5-7-19(17)28/h5-11,23H,4,12-14H2,1-3H3,(H,29,30,31). The van der Waals surface area contributed by atoms with E-state index in [-0.39, 0.29) is 23.8 Å². The molecule has 1 aliphatic heterocycles. The average Bonchev–Trinajstić information content (AvgIpc) is 3.19. The quantitative estimate of drug-likeness (QED) is 0.384. The minimum atomic E-state index is -0.401. The summed E-state index contributed by atoms with van der Waals surface area (Å²) in [5, 5.41) is 9.10. The Hall–Kier alpha value is -2.84. The van der Waals surface area contributed by atoms with Crippen molar-refractivity contribution in [1.82, 2.24) is 14.8 Å². The number of thioether (sulfide) groups is 1. The molecule has 2 aliphatic rings. The van der Waals surface area contributed by atoms with Gasteiger partial charge in [0, 0.05) is 23.3 Å². The van der Waals surface area contributed by atoms with Crippen molar-refractivity contribution in [2.75, 3.05) is 11.1 Å². The number of rotatable bonds is 6. The first-order chi connectivity index (χ1) is 16.8. The van der Waals surface area contributed by atoms with Crippen LogP contribution in [-0.4, -0.2) is 26.3 Å². The Balaban J connectivity index is 1.47. The van der Waals surface area contributed by atoms with Crippen LogP contribution in [-0.2, 0) is 11.4 Å². The molecule has 0 spiro atoms. The molecule has 0 saturated heterocycles. The molecule has 0 radical (unpaired) electrons. The second-order valence-electron chi connectivity index (χ2n) is 9.51. The summed E-state index contributed by atoms with van der Waals surface area (Å²) in [6.45, 7) is 6.29. The van der Waals surface area contributed by atoms with E-state index in [1.165, 1.54) is 6.07 Å². The highest BCUT2D eigenvalue weighted by Crippen LogP contribution is 2.45. The lowest BCUT2D eigenvalue weighted by molar-refractivity contribution is -0.118. The van der Waals surface area contributed by atoms with Crippen LogP contribution in [0.4, 0.5) is 10.3 Å². The average molecular weight is 513 g/mol. The summed E-state index contributed by atoms with van der Waals surface area (Å²) < 4.78 is 21.7. The van der Waals surface area contributed by atoms with Gasteiger partial charge in [-0.15, -0.1) is 5.10 Å². The maximum absolute atomic E-state index is 14.1. The molecule has 2 heterocycles. The van der Waals surface area contributed by atoms with Crippen LogP contribution < -0.4 is 10.1 Å². The van der Waals surface area contributed by atoms with Crippen LogP contribution in [0.15, 0.2) is 58.9 Å². The first-order valence-corrected chi connectivity index (χ1v) is 12.9. The molecule has 1 aliphatic carbocycles. The van der Waals surface area contributed by atoms with Crippen molar-refractivity contribution < 1.29 is 13.9 Å². The maximum atomic E-state index is 14.1. The van der Waals surface area contributed by atoms with Gasteiger partial charge in [-0.1, -0.05) is 62.3 Å². The molecule has 3 aromatic rings. The van der Waals surface area contributed by atoms with Gasteiger partial charge in [0.1, 0.15) is 24.2 Å². The lowest BCUT2D eigenvalue weighted by Crippen LogP contribution is -2.36. The summed E-state index contributed by atoms with van der Waals surface area (Å²) in [5.41, 5.74) is 2.75. The smallest absolute Gasteiger partial charge is 0.227 e. The fourth-order valence-electron chi connectivity index (χ4n) is 4.66. The zero-order valence-corrected chi connectivity index (χ0v) is 21.3. The normalized spacial score (nSPS) is 18.7. The van der Waals surface area contributed by atoms with Gasteiger partial charge in [0.25, 0.3) is 0 Å². The summed E-state index contributed by atoms with van der Waals surface area (Å²) in [6, 6.07) is 11.7. The second kappa shape index (κ2) is 9.32. The molecule has 9 heteroatoms. The van der Waals surface area contributed by atoms with Crippen LogP contribution >= 0.6 is 23.4 Å². The van der Waals surface area contributed by atoms with E-state index in [2.05, 4.69) is 31.1 Å². The number of Topliss-reactive ketones (excluding diaryl/α,β-unsaturated/α-hetero) is 1. The second-order valence-corrected chi connectivity index (χ2v) is 11.2. The van der Waals surface area contributed by atoms with Crippen molar-refractivity contribution in [3.05, 3.63) is 75.7 Å². The number of nitrogens with one attached hydrogen (secondary N) is 1. The highest BCUT2D eigenvalue weighted by Gasteiger charge is 2.41. The van der Waals surface area contributed by atoms with Crippen LogP contribution in [0.2, 0.25) is 5.02 Å². The molecule has 1 unspecified atom stereocenters. The van der Waals surface area contributed by atoms with Crippen LogP contribution in [0, 0.1) is 11.2 Å². The highest BCUT2D eigenvalue weighted by molar-refractivity contribution is 7.99. The third-order valence-corrected chi connectivity index (χ3v) is 7.30. The SMILES string of the molecule is CCSc1nc2n(n1)C(c1ccc(OCc3c(F)cccc3Cl)cc1)C1=C(CC(C)(C)CC1=O)N2. The van der Waals surface area contributed by atoms with Crippen molar-refractivity contribution >= 4 is 35.1 Å². The summed E-state index contributed by atoms with van der Waals surface area (Å²) in [4.78, 5) is 18.0. The van der Waals surface area contributed by atoms with E-state index in [9.17, 15) is 9.18 Å². The van der Waals surface area contributed by atoms with E-state index in [1.54, 1.807) is 23.9 Å². The molecule has 0 saturated carbocycles. The van der Waals surface area contributed by atoms with Crippen molar-refractivity contribution in [2.24, 2.45) is 5.41 Å². The number of nitrogens with zero attached hydrogens (tertiary/aromatic N) is 3. The van der Waals surface area contributed by atoms with E-state index in [0.717, 1.165) is 29.0 Å². The van der Waals surface area contributed by atoms with Crippen molar-refractivity contribution in [1.29, 1.82) is 0 Å². The molecule has 2 aromatic carbocycles. The van der Waals surface area contributed by atoms with Gasteiger partial charge in [0.15, 0.2) is 5.78 Å². The minimum absolute atomic E-state index is 0.0197. The number of benzene rings is 2. The van der Waals surface area contributed by atoms with Gasteiger partial charge in [-0.05, 0) is 47.4 Å². The van der Waals surface area contributed by atoms with Gasteiger partial charge in [0.05, 0.1) is 5.02 Å². The minimum Gasteiger partial charge on any atom is -0.489 e. The molecule has 5 rings (SSSR count). The molecular weight excluding hydrogens is 487 g/mol. The zero-order chi connectivity index (χ0) is 24.7. The molecule has 1 atom stereocenters. The summed E-state index contributed by atoms with van der Waals surface area (Å²) >= 11 is 7.67. The lowest BCUT2D eigenvalue weighted by atomic mass is 9.73. The van der Waals surface area contributed by atoms with Gasteiger partial charge >= 0.3 is 0 Å². The van der Waals surface area contributed by atoms with Crippen molar-refractivity contribution in [3.8, 4) is 5.75 Å². The Labute approximate surface area is 212 Å². The van der Waals surface area contributed by atoms with Crippen LogP contribution in [0.1, 0.15) is 50.8 Å². The summed E-state index contributed by atoms with van der Waals surface area (Å²) in [5.74, 6) is 1.79. The number of hydrogen-bond acceptors (Lipinski definition) is 6. The maximum Gasteiger partial charge on any atom is 0.227 e. The number of carbonyl (C=O) groups is 1. The topological polar surface area (TPSA) is 69.0 Å². The Morgan fingerprint density at radius 3 is 2.71 bits per heavy atom. The third-order valence-electron chi connectivity index (χ3n) is 6.23. The third kappa shape index (κ3) is 4.69. The fourth-order valence-corrected chi connectivity index (χ4v) is 5.43. The number of halogens is 2. The lowest BCUT2D eigenvalue weighted by Gasteiger charge is -2.38. The molecule has 0 bridgehead atoms. The van der Waals surface area contributed by atoms with E-state index < -0.39 is 5.82 Å². The number of allylic oxidation sites excluding steroid dienone is 2.